The Kier molecular flexibility index (Phi) is 1.56. The standard InChI is InChI=1S/C15H16N2/c1-9-4-5-11-12(8-9)15(6-3-7-15)14-13(11)16-10(2)17-14/h4-5,8H,3,6-7H2,1-2H3,(H,16,17). The van der Waals surface area contributed by atoms with Gasteiger partial charge in [-0.25, -0.2) is 4.98 Å². The Morgan fingerprint density at radius 2 is 2.06 bits per heavy atom. The Hall–Kier alpha value is -1.57. The highest BCUT2D eigenvalue weighted by molar-refractivity contribution is 5.78. The van der Waals surface area contributed by atoms with Crippen molar-refractivity contribution in [2.24, 2.45) is 0 Å². The molecule has 2 aliphatic carbocycles. The van der Waals surface area contributed by atoms with Crippen LogP contribution < -0.4 is 0 Å². The zero-order valence-corrected chi connectivity index (χ0v) is 10.3. The summed E-state index contributed by atoms with van der Waals surface area (Å²) in [6.45, 7) is 4.23. The highest BCUT2D eigenvalue weighted by atomic mass is 15.0. The average Bonchev–Trinajstić information content (AvgIpc) is 2.69. The van der Waals surface area contributed by atoms with Crippen molar-refractivity contribution >= 4 is 0 Å². The van der Waals surface area contributed by atoms with Crippen LogP contribution in [0.25, 0.3) is 11.3 Å². The number of hydrogen-bond donors (Lipinski definition) is 1. The average molecular weight is 224 g/mol. The van der Waals surface area contributed by atoms with Crippen molar-refractivity contribution < 1.29 is 0 Å². The number of aryl methyl sites for hydroxylation is 2. The van der Waals surface area contributed by atoms with Gasteiger partial charge < -0.3 is 4.98 Å². The third-order valence-corrected chi connectivity index (χ3v) is 4.45. The van der Waals surface area contributed by atoms with Gasteiger partial charge in [0, 0.05) is 11.0 Å². The summed E-state index contributed by atoms with van der Waals surface area (Å²) in [5.74, 6) is 1.05. The number of aromatic nitrogens is 2. The number of aromatic amines is 1. The first-order valence-corrected chi connectivity index (χ1v) is 6.39. The van der Waals surface area contributed by atoms with Gasteiger partial charge in [0.1, 0.15) is 5.82 Å². The number of nitrogens with zero attached hydrogens (tertiary/aromatic N) is 1. The quantitative estimate of drug-likeness (QED) is 0.729. The molecule has 4 rings (SSSR count). The van der Waals surface area contributed by atoms with Crippen LogP contribution in [0.3, 0.4) is 0 Å². The molecule has 1 N–H and O–H groups in total. The van der Waals surface area contributed by atoms with E-state index in [4.69, 9.17) is 0 Å². The van der Waals surface area contributed by atoms with E-state index in [1.807, 2.05) is 0 Å². The monoisotopic (exact) mass is 224 g/mol. The van der Waals surface area contributed by atoms with Gasteiger partial charge in [0.15, 0.2) is 0 Å². The fraction of sp³-hybridized carbons (Fsp3) is 0.400. The highest BCUT2D eigenvalue weighted by Crippen LogP contribution is 2.57. The molecule has 86 valence electrons. The maximum Gasteiger partial charge on any atom is 0.103 e. The lowest BCUT2D eigenvalue weighted by Gasteiger charge is -2.39. The third-order valence-electron chi connectivity index (χ3n) is 4.45. The van der Waals surface area contributed by atoms with Gasteiger partial charge in [-0.15, -0.1) is 0 Å². The number of fused-ring (bicyclic) bond motifs is 5. The molecule has 2 aliphatic rings. The molecule has 1 spiro atoms. The summed E-state index contributed by atoms with van der Waals surface area (Å²) in [5.41, 5.74) is 7.08. The van der Waals surface area contributed by atoms with E-state index >= 15 is 0 Å². The Bertz CT molecular complexity index is 618. The lowest BCUT2D eigenvalue weighted by Crippen LogP contribution is -2.33. The van der Waals surface area contributed by atoms with E-state index in [2.05, 4.69) is 42.0 Å². The normalized spacial score (nSPS) is 18.9. The zero-order valence-electron chi connectivity index (χ0n) is 10.3. The lowest BCUT2D eigenvalue weighted by atomic mass is 9.64. The second-order valence-electron chi connectivity index (χ2n) is 5.53. The lowest BCUT2D eigenvalue weighted by molar-refractivity contribution is 0.302. The maximum atomic E-state index is 4.68. The Morgan fingerprint density at radius 1 is 1.24 bits per heavy atom. The predicted octanol–water partition coefficient (Wildman–Crippen LogP) is 3.48. The molecular formula is C15H16N2. The van der Waals surface area contributed by atoms with Crippen molar-refractivity contribution in [2.75, 3.05) is 0 Å². The Labute approximate surface area is 101 Å². The van der Waals surface area contributed by atoms with Crippen molar-refractivity contribution in [1.82, 2.24) is 9.97 Å². The van der Waals surface area contributed by atoms with Gasteiger partial charge >= 0.3 is 0 Å². The molecule has 0 unspecified atom stereocenters. The molecular weight excluding hydrogens is 208 g/mol. The van der Waals surface area contributed by atoms with E-state index in [0.29, 0.717) is 0 Å². The van der Waals surface area contributed by atoms with Gasteiger partial charge in [0.25, 0.3) is 0 Å². The smallest absolute Gasteiger partial charge is 0.103 e. The summed E-state index contributed by atoms with van der Waals surface area (Å²) in [4.78, 5) is 8.19. The van der Waals surface area contributed by atoms with Gasteiger partial charge in [0.05, 0.1) is 11.4 Å². The largest absolute Gasteiger partial charge is 0.345 e. The van der Waals surface area contributed by atoms with E-state index in [-0.39, 0.29) is 5.41 Å². The van der Waals surface area contributed by atoms with Gasteiger partial charge in [0.2, 0.25) is 0 Å². The number of H-pyrrole nitrogens is 1. The molecule has 0 radical (unpaired) electrons. The molecule has 0 saturated heterocycles. The van der Waals surface area contributed by atoms with E-state index in [1.165, 1.54) is 47.3 Å². The first kappa shape index (κ1) is 9.46. The summed E-state index contributed by atoms with van der Waals surface area (Å²) in [5, 5.41) is 0. The van der Waals surface area contributed by atoms with E-state index in [1.54, 1.807) is 0 Å². The molecule has 1 heterocycles. The summed E-state index contributed by atoms with van der Waals surface area (Å²) in [7, 11) is 0. The maximum absolute atomic E-state index is 4.68. The first-order chi connectivity index (χ1) is 8.21. The molecule has 2 nitrogen and oxygen atoms in total. The fourth-order valence-corrected chi connectivity index (χ4v) is 3.48. The van der Waals surface area contributed by atoms with Gasteiger partial charge in [-0.2, -0.15) is 0 Å². The molecule has 0 bridgehead atoms. The predicted molar refractivity (Wildman–Crippen MR) is 68.1 cm³/mol. The van der Waals surface area contributed by atoms with Gasteiger partial charge in [-0.05, 0) is 32.3 Å². The molecule has 17 heavy (non-hydrogen) atoms. The van der Waals surface area contributed by atoms with Crippen LogP contribution in [0.5, 0.6) is 0 Å². The molecule has 2 aromatic rings. The van der Waals surface area contributed by atoms with Crippen molar-refractivity contribution in [3.05, 3.63) is 40.8 Å². The van der Waals surface area contributed by atoms with Crippen molar-refractivity contribution in [2.45, 2.75) is 38.5 Å². The number of imidazole rings is 1. The summed E-state index contributed by atoms with van der Waals surface area (Å²) in [6, 6.07) is 6.81. The minimum absolute atomic E-state index is 0.276. The molecule has 1 fully saturated rings. The van der Waals surface area contributed by atoms with Gasteiger partial charge in [-0.3, -0.25) is 0 Å². The number of hydrogen-bond acceptors (Lipinski definition) is 1. The van der Waals surface area contributed by atoms with Crippen molar-refractivity contribution in [3.63, 3.8) is 0 Å². The van der Waals surface area contributed by atoms with Crippen LogP contribution in [0, 0.1) is 13.8 Å². The van der Waals surface area contributed by atoms with E-state index in [9.17, 15) is 0 Å². The van der Waals surface area contributed by atoms with Gasteiger partial charge in [-0.1, -0.05) is 30.2 Å². The summed E-state index contributed by atoms with van der Waals surface area (Å²) >= 11 is 0. The minimum Gasteiger partial charge on any atom is -0.345 e. The zero-order chi connectivity index (χ0) is 11.6. The number of rotatable bonds is 0. The number of nitrogens with one attached hydrogen (secondary N) is 1. The van der Waals surface area contributed by atoms with Crippen molar-refractivity contribution in [3.8, 4) is 11.3 Å². The van der Waals surface area contributed by atoms with Crippen LogP contribution in [0.15, 0.2) is 18.2 Å². The molecule has 1 aromatic carbocycles. The fourth-order valence-electron chi connectivity index (χ4n) is 3.48. The Balaban J connectivity index is 2.07. The molecule has 1 saturated carbocycles. The first-order valence-electron chi connectivity index (χ1n) is 6.39. The molecule has 0 aliphatic heterocycles. The molecule has 1 aromatic heterocycles. The second kappa shape index (κ2) is 2.81. The molecule has 0 atom stereocenters. The van der Waals surface area contributed by atoms with E-state index in [0.717, 1.165) is 5.82 Å². The SMILES string of the molecule is Cc1ccc2c(c1)C1(CCC1)c1[nH]c(C)nc1-2. The van der Waals surface area contributed by atoms with Crippen LogP contribution in [0.1, 0.15) is 41.9 Å². The van der Waals surface area contributed by atoms with Crippen LogP contribution >= 0.6 is 0 Å². The van der Waals surface area contributed by atoms with Crippen LogP contribution in [-0.2, 0) is 5.41 Å². The van der Waals surface area contributed by atoms with Crippen LogP contribution in [0.2, 0.25) is 0 Å². The highest BCUT2D eigenvalue weighted by Gasteiger charge is 2.49. The summed E-state index contributed by atoms with van der Waals surface area (Å²) in [6.07, 6.45) is 3.89. The number of benzene rings is 1. The topological polar surface area (TPSA) is 28.7 Å². The van der Waals surface area contributed by atoms with Crippen LogP contribution in [-0.4, -0.2) is 9.97 Å². The molecule has 2 heteroatoms. The third kappa shape index (κ3) is 0.991. The van der Waals surface area contributed by atoms with E-state index < -0.39 is 0 Å². The second-order valence-corrected chi connectivity index (χ2v) is 5.53. The summed E-state index contributed by atoms with van der Waals surface area (Å²) < 4.78 is 0. The molecule has 0 amide bonds. The Morgan fingerprint density at radius 3 is 2.76 bits per heavy atom. The van der Waals surface area contributed by atoms with Crippen molar-refractivity contribution in [1.29, 1.82) is 0 Å². The minimum atomic E-state index is 0.276. The van der Waals surface area contributed by atoms with Crippen LogP contribution in [0.4, 0.5) is 0 Å².